The second-order valence-corrected chi connectivity index (χ2v) is 15.7. The molecule has 2 aliphatic heterocycles. The number of methoxy groups -OCH3 is 1. The molecule has 0 spiro atoms. The van der Waals surface area contributed by atoms with Gasteiger partial charge in [-0.05, 0) is 73.2 Å². The van der Waals surface area contributed by atoms with Gasteiger partial charge in [-0.15, -0.1) is 0 Å². The molecule has 4 aromatic carbocycles. The minimum Gasteiger partial charge on any atom is -0.465 e. The van der Waals surface area contributed by atoms with E-state index >= 15 is 0 Å². The molecule has 5 N–H and O–H groups in total. The van der Waals surface area contributed by atoms with Crippen LogP contribution in [0.5, 0.6) is 0 Å². The Bertz CT molecular complexity index is 2900. The van der Waals surface area contributed by atoms with E-state index in [1.165, 1.54) is 7.11 Å². The molecule has 9 rings (SSSR count). The summed E-state index contributed by atoms with van der Waals surface area (Å²) < 4.78 is 11.1. The van der Waals surface area contributed by atoms with Gasteiger partial charge in [0.05, 0.1) is 48.4 Å². The molecule has 2 aliphatic rings. The van der Waals surface area contributed by atoms with Crippen molar-refractivity contribution in [2.45, 2.75) is 49.9 Å². The van der Waals surface area contributed by atoms with Crippen molar-refractivity contribution in [3.05, 3.63) is 144 Å². The van der Waals surface area contributed by atoms with Gasteiger partial charge in [0.1, 0.15) is 35.1 Å². The summed E-state index contributed by atoms with van der Waals surface area (Å²) in [5.74, 6) is 1.12. The van der Waals surface area contributed by atoms with E-state index in [1.54, 1.807) is 70.7 Å². The van der Waals surface area contributed by atoms with E-state index in [9.17, 15) is 29.5 Å². The van der Waals surface area contributed by atoms with Gasteiger partial charge >= 0.3 is 12.2 Å². The van der Waals surface area contributed by atoms with Gasteiger partial charge in [0.25, 0.3) is 11.8 Å². The Labute approximate surface area is 366 Å². The average molecular weight is 858 g/mol. The number of aromatic nitrogens is 4. The van der Waals surface area contributed by atoms with Crippen molar-refractivity contribution in [3.8, 4) is 39.9 Å². The summed E-state index contributed by atoms with van der Waals surface area (Å²) in [7, 11) is 1.26. The normalized spacial score (nSPS) is 16.9. The van der Waals surface area contributed by atoms with Crippen molar-refractivity contribution >= 4 is 35.0 Å². The SMILES string of the molecule is COC(=O)N[C@@H](C(=O)N1CCC[C@H]1c1ncc(-c2ccc3oc(-c4ccc(-c5c[nH]c([C@@H]6CCCN6C(=O)[C@H](NC(=O)O)c6ccccc6)n5)cc4C#N)cc3c2)[nH]1)c1ccccc1. The number of furan rings is 1. The lowest BCUT2D eigenvalue weighted by molar-refractivity contribution is -0.135. The number of benzene rings is 4. The molecular weight excluding hydrogens is 815 g/mol. The second kappa shape index (κ2) is 17.7. The predicted molar refractivity (Wildman–Crippen MR) is 234 cm³/mol. The van der Waals surface area contributed by atoms with E-state index in [2.05, 4.69) is 26.7 Å². The first-order chi connectivity index (χ1) is 31.2. The lowest BCUT2D eigenvalue weighted by Gasteiger charge is -2.28. The number of H-pyrrole nitrogens is 2. The van der Waals surface area contributed by atoms with Crippen molar-refractivity contribution in [2.24, 2.45) is 0 Å². The smallest absolute Gasteiger partial charge is 0.407 e. The third-order valence-corrected chi connectivity index (χ3v) is 11.9. The molecule has 5 heterocycles. The highest BCUT2D eigenvalue weighted by Gasteiger charge is 2.38. The monoisotopic (exact) mass is 857 g/mol. The number of likely N-dealkylation sites (tertiary alicyclic amines) is 2. The van der Waals surface area contributed by atoms with E-state index in [0.29, 0.717) is 82.4 Å². The van der Waals surface area contributed by atoms with Crippen LogP contribution < -0.4 is 10.6 Å². The topological polar surface area (TPSA) is 223 Å². The van der Waals surface area contributed by atoms with Crippen molar-refractivity contribution in [2.75, 3.05) is 20.2 Å². The molecule has 64 heavy (non-hydrogen) atoms. The molecule has 4 amide bonds. The highest BCUT2D eigenvalue weighted by molar-refractivity contribution is 5.90. The third-order valence-electron chi connectivity index (χ3n) is 11.9. The average Bonchev–Trinajstić information content (AvgIpc) is 4.19. The molecule has 0 unspecified atom stereocenters. The first-order valence-electron chi connectivity index (χ1n) is 20.9. The number of imidazole rings is 2. The van der Waals surface area contributed by atoms with Crippen molar-refractivity contribution < 1.29 is 33.4 Å². The maximum atomic E-state index is 14.0. The quantitative estimate of drug-likeness (QED) is 0.0839. The molecule has 0 bridgehead atoms. The van der Waals surface area contributed by atoms with Gasteiger partial charge in [-0.2, -0.15) is 5.26 Å². The number of carbonyl (C=O) groups excluding carboxylic acids is 3. The molecular formula is C48H43N9O7. The molecule has 7 aromatic rings. The number of ether oxygens (including phenoxy) is 1. The van der Waals surface area contributed by atoms with Crippen LogP contribution in [0, 0.1) is 11.3 Å². The minimum absolute atomic E-state index is 0.251. The van der Waals surface area contributed by atoms with Crippen molar-refractivity contribution in [1.29, 1.82) is 5.26 Å². The summed E-state index contributed by atoms with van der Waals surface area (Å²) in [6.45, 7) is 0.965. The molecule has 2 fully saturated rings. The number of aromatic amines is 2. The fourth-order valence-corrected chi connectivity index (χ4v) is 8.79. The number of nitriles is 1. The first kappa shape index (κ1) is 41.2. The Hall–Kier alpha value is -8.19. The van der Waals surface area contributed by atoms with Crippen LogP contribution in [0.2, 0.25) is 0 Å². The van der Waals surface area contributed by atoms with Gasteiger partial charge < -0.3 is 44.7 Å². The third kappa shape index (κ3) is 8.14. The summed E-state index contributed by atoms with van der Waals surface area (Å²) in [6.07, 6.45) is 4.35. The number of rotatable bonds is 11. The number of carbonyl (C=O) groups is 4. The summed E-state index contributed by atoms with van der Waals surface area (Å²) in [4.78, 5) is 71.3. The van der Waals surface area contributed by atoms with Crippen molar-refractivity contribution in [1.82, 2.24) is 40.4 Å². The fraction of sp³-hybridized carbons (Fsp3) is 0.229. The predicted octanol–water partition coefficient (Wildman–Crippen LogP) is 8.18. The van der Waals surface area contributed by atoms with E-state index in [1.807, 2.05) is 54.6 Å². The van der Waals surface area contributed by atoms with E-state index in [0.717, 1.165) is 29.5 Å². The van der Waals surface area contributed by atoms with Crippen LogP contribution in [-0.2, 0) is 14.3 Å². The van der Waals surface area contributed by atoms with Crippen LogP contribution in [0.1, 0.15) is 78.2 Å². The molecule has 0 saturated carbocycles. The number of carboxylic acid groups (broad SMARTS) is 1. The van der Waals surface area contributed by atoms with Crippen LogP contribution in [0.4, 0.5) is 9.59 Å². The molecule has 2 saturated heterocycles. The lowest BCUT2D eigenvalue weighted by atomic mass is 10.0. The molecule has 4 atom stereocenters. The van der Waals surface area contributed by atoms with Gasteiger partial charge in [-0.1, -0.05) is 66.7 Å². The summed E-state index contributed by atoms with van der Waals surface area (Å²) in [6, 6.07) is 30.6. The van der Waals surface area contributed by atoms with Crippen molar-refractivity contribution in [3.63, 3.8) is 0 Å². The van der Waals surface area contributed by atoms with Crippen LogP contribution in [0.15, 0.2) is 120 Å². The molecule has 3 aromatic heterocycles. The van der Waals surface area contributed by atoms with Crippen LogP contribution in [0.3, 0.4) is 0 Å². The van der Waals surface area contributed by atoms with Gasteiger partial charge in [-0.25, -0.2) is 19.6 Å². The minimum atomic E-state index is -1.29. The number of fused-ring (bicyclic) bond motifs is 1. The molecule has 322 valence electrons. The van der Waals surface area contributed by atoms with Crippen LogP contribution >= 0.6 is 0 Å². The van der Waals surface area contributed by atoms with Gasteiger partial charge in [0.2, 0.25) is 0 Å². The maximum absolute atomic E-state index is 14.0. The number of alkyl carbamates (subject to hydrolysis) is 1. The highest BCUT2D eigenvalue weighted by atomic mass is 16.5. The van der Waals surface area contributed by atoms with Crippen LogP contribution in [-0.4, -0.2) is 79.0 Å². The highest BCUT2D eigenvalue weighted by Crippen LogP contribution is 2.38. The summed E-state index contributed by atoms with van der Waals surface area (Å²) in [5, 5.41) is 25.7. The molecule has 16 heteroatoms. The zero-order chi connectivity index (χ0) is 44.3. The standard InChI is InChI=1S/C48H43N9O7/c1-63-48(62)55-42(29-12-6-3-7-13-29)46(59)57-21-9-15-38(57)44-51-27-36(53-44)31-17-19-39-32(22-31)24-40(64-39)34-18-16-30(23-33(34)25-49)35-26-50-43(52-35)37-14-8-20-56(37)45(58)41(54-47(60)61)28-10-4-2-5-11-28/h2-7,10-13,16-19,22-24,26-27,37-38,41-42,54H,8-9,14-15,20-21H2,1H3,(H,50,52)(H,51,53)(H,55,62)(H,60,61)/t37-,38-,41+,42+/m0/s1. The van der Waals surface area contributed by atoms with E-state index in [-0.39, 0.29) is 23.9 Å². The number of amides is 4. The van der Waals surface area contributed by atoms with Gasteiger partial charge in [0.15, 0.2) is 0 Å². The number of hydrogen-bond donors (Lipinski definition) is 5. The largest absolute Gasteiger partial charge is 0.465 e. The van der Waals surface area contributed by atoms with Gasteiger partial charge in [-0.3, -0.25) is 9.59 Å². The Morgan fingerprint density at radius 2 is 1.47 bits per heavy atom. The Morgan fingerprint density at radius 1 is 0.828 bits per heavy atom. The maximum Gasteiger partial charge on any atom is 0.407 e. The zero-order valence-electron chi connectivity index (χ0n) is 34.7. The number of nitrogens with one attached hydrogen (secondary N) is 4. The summed E-state index contributed by atoms with van der Waals surface area (Å²) in [5.41, 5.74) is 5.71. The Morgan fingerprint density at radius 3 is 2.11 bits per heavy atom. The Kier molecular flexibility index (Phi) is 11.4. The van der Waals surface area contributed by atoms with E-state index in [4.69, 9.17) is 19.1 Å². The second-order valence-electron chi connectivity index (χ2n) is 15.7. The molecule has 16 nitrogen and oxygen atoms in total. The van der Waals surface area contributed by atoms with Crippen LogP contribution in [0.25, 0.3) is 44.8 Å². The summed E-state index contributed by atoms with van der Waals surface area (Å²) >= 11 is 0. The molecule has 0 aliphatic carbocycles. The number of nitrogens with zero attached hydrogens (tertiary/aromatic N) is 5. The lowest BCUT2D eigenvalue weighted by Crippen LogP contribution is -2.42. The first-order valence-corrected chi connectivity index (χ1v) is 20.9. The molecule has 0 radical (unpaired) electrons. The van der Waals surface area contributed by atoms with E-state index < -0.39 is 24.3 Å². The zero-order valence-corrected chi connectivity index (χ0v) is 34.7. The number of hydrogen-bond acceptors (Lipinski definition) is 9. The van der Waals surface area contributed by atoms with Gasteiger partial charge in [0, 0.05) is 41.4 Å². The Balaban J connectivity index is 0.917. The fourth-order valence-electron chi connectivity index (χ4n) is 8.79.